The molecular weight excluding hydrogens is 364 g/mol. The van der Waals surface area contributed by atoms with Crippen LogP contribution in [0.3, 0.4) is 0 Å². The first-order valence-corrected chi connectivity index (χ1v) is 10.2. The largest absolute Gasteiger partial charge is 0.383 e. The lowest BCUT2D eigenvalue weighted by molar-refractivity contribution is -0.127. The second-order valence-corrected chi connectivity index (χ2v) is 7.90. The van der Waals surface area contributed by atoms with Gasteiger partial charge in [-0.1, -0.05) is 0 Å². The fraction of sp³-hybridized carbons (Fsp3) is 0.667. The van der Waals surface area contributed by atoms with Gasteiger partial charge in [0.15, 0.2) is 0 Å². The lowest BCUT2D eigenvalue weighted by Crippen LogP contribution is -2.50. The molecule has 0 bridgehead atoms. The molecule has 0 saturated carbocycles. The summed E-state index contributed by atoms with van der Waals surface area (Å²) in [7, 11) is 1.63. The third-order valence-corrected chi connectivity index (χ3v) is 5.83. The maximum absolute atomic E-state index is 13.4. The number of nitrogens with zero attached hydrogens (tertiary/aromatic N) is 2. The average Bonchev–Trinajstić information content (AvgIpc) is 2.68. The minimum atomic E-state index is -0.520. The highest BCUT2D eigenvalue weighted by Crippen LogP contribution is 2.25. The van der Waals surface area contributed by atoms with Crippen LogP contribution in [-0.2, 0) is 16.1 Å². The maximum Gasteiger partial charge on any atom is 0.224 e. The summed E-state index contributed by atoms with van der Waals surface area (Å²) in [4.78, 5) is 17.1. The minimum Gasteiger partial charge on any atom is -0.383 e. The molecular formula is C21H31F2N3O2. The SMILES string of the molecule is COCCNC(=O)[C@@H]1CCCN(C2CCN(Cc3cc(F)cc(F)c3)CC2)C1. The molecule has 5 nitrogen and oxygen atoms in total. The number of hydrogen-bond acceptors (Lipinski definition) is 4. The van der Waals surface area contributed by atoms with Crippen LogP contribution >= 0.6 is 0 Å². The maximum atomic E-state index is 13.4. The van der Waals surface area contributed by atoms with E-state index in [9.17, 15) is 13.6 Å². The zero-order valence-electron chi connectivity index (χ0n) is 16.6. The summed E-state index contributed by atoms with van der Waals surface area (Å²) >= 11 is 0. The number of nitrogens with one attached hydrogen (secondary N) is 1. The van der Waals surface area contributed by atoms with Crippen molar-refractivity contribution in [2.45, 2.75) is 38.3 Å². The van der Waals surface area contributed by atoms with E-state index in [1.165, 1.54) is 12.1 Å². The molecule has 1 amide bonds. The van der Waals surface area contributed by atoms with Crippen LogP contribution in [0.2, 0.25) is 0 Å². The van der Waals surface area contributed by atoms with Gasteiger partial charge < -0.3 is 10.1 Å². The average molecular weight is 395 g/mol. The summed E-state index contributed by atoms with van der Waals surface area (Å²) in [5.74, 6) is -0.854. The Bertz CT molecular complexity index is 630. The van der Waals surface area contributed by atoms with Gasteiger partial charge in [0.2, 0.25) is 5.91 Å². The molecule has 1 aromatic rings. The molecule has 0 unspecified atom stereocenters. The zero-order valence-corrected chi connectivity index (χ0v) is 16.6. The molecule has 0 radical (unpaired) electrons. The van der Waals surface area contributed by atoms with Gasteiger partial charge in [-0.05, 0) is 63.0 Å². The summed E-state index contributed by atoms with van der Waals surface area (Å²) in [6.07, 6.45) is 4.04. The van der Waals surface area contributed by atoms with Crippen LogP contribution in [0.25, 0.3) is 0 Å². The molecule has 0 aromatic heterocycles. The van der Waals surface area contributed by atoms with Gasteiger partial charge in [0.05, 0.1) is 12.5 Å². The molecule has 2 aliphatic heterocycles. The monoisotopic (exact) mass is 395 g/mol. The first-order valence-electron chi connectivity index (χ1n) is 10.2. The Labute approximate surface area is 166 Å². The van der Waals surface area contributed by atoms with Crippen LogP contribution in [0.15, 0.2) is 18.2 Å². The topological polar surface area (TPSA) is 44.8 Å². The van der Waals surface area contributed by atoms with Crippen molar-refractivity contribution in [1.29, 1.82) is 0 Å². The van der Waals surface area contributed by atoms with Crippen molar-refractivity contribution in [1.82, 2.24) is 15.1 Å². The number of ether oxygens (including phenoxy) is 1. The number of piperidine rings is 2. The smallest absolute Gasteiger partial charge is 0.224 e. The van der Waals surface area contributed by atoms with E-state index in [4.69, 9.17) is 4.74 Å². The first-order chi connectivity index (χ1) is 13.5. The van der Waals surface area contributed by atoms with Crippen molar-refractivity contribution in [3.63, 3.8) is 0 Å². The highest BCUT2D eigenvalue weighted by molar-refractivity contribution is 5.78. The predicted molar refractivity (Wildman–Crippen MR) is 104 cm³/mol. The lowest BCUT2D eigenvalue weighted by atomic mass is 9.93. The van der Waals surface area contributed by atoms with Crippen LogP contribution in [0.5, 0.6) is 0 Å². The van der Waals surface area contributed by atoms with E-state index in [1.807, 2.05) is 0 Å². The second kappa shape index (κ2) is 10.3. The van der Waals surface area contributed by atoms with E-state index in [2.05, 4.69) is 15.1 Å². The molecule has 2 heterocycles. The van der Waals surface area contributed by atoms with Gasteiger partial charge >= 0.3 is 0 Å². The minimum absolute atomic E-state index is 0.0545. The lowest BCUT2D eigenvalue weighted by Gasteiger charge is -2.42. The molecule has 0 aliphatic carbocycles. The van der Waals surface area contributed by atoms with Crippen LogP contribution < -0.4 is 5.32 Å². The summed E-state index contributed by atoms with van der Waals surface area (Å²) < 4.78 is 31.8. The molecule has 0 spiro atoms. The Morgan fingerprint density at radius 1 is 1.14 bits per heavy atom. The third kappa shape index (κ3) is 5.96. The molecule has 2 fully saturated rings. The van der Waals surface area contributed by atoms with Gasteiger partial charge in [-0.3, -0.25) is 14.6 Å². The fourth-order valence-electron chi connectivity index (χ4n) is 4.38. The van der Waals surface area contributed by atoms with E-state index in [1.54, 1.807) is 7.11 Å². The predicted octanol–water partition coefficient (Wildman–Crippen LogP) is 2.40. The van der Waals surface area contributed by atoms with Gasteiger partial charge in [0.1, 0.15) is 11.6 Å². The Morgan fingerprint density at radius 2 is 1.86 bits per heavy atom. The Hall–Kier alpha value is -1.57. The van der Waals surface area contributed by atoms with Crippen molar-refractivity contribution in [3.8, 4) is 0 Å². The van der Waals surface area contributed by atoms with Gasteiger partial charge in [-0.2, -0.15) is 0 Å². The number of halogens is 2. The van der Waals surface area contributed by atoms with Crippen molar-refractivity contribution in [2.75, 3.05) is 46.4 Å². The van der Waals surface area contributed by atoms with E-state index < -0.39 is 11.6 Å². The van der Waals surface area contributed by atoms with Crippen LogP contribution in [0.1, 0.15) is 31.2 Å². The number of benzene rings is 1. The van der Waals surface area contributed by atoms with Crippen LogP contribution in [0.4, 0.5) is 8.78 Å². The quantitative estimate of drug-likeness (QED) is 0.720. The van der Waals surface area contributed by atoms with E-state index in [-0.39, 0.29) is 11.8 Å². The van der Waals surface area contributed by atoms with Crippen LogP contribution in [0, 0.1) is 17.6 Å². The number of carbonyl (C=O) groups is 1. The van der Waals surface area contributed by atoms with Gasteiger partial charge in [-0.15, -0.1) is 0 Å². The molecule has 1 N–H and O–H groups in total. The van der Waals surface area contributed by atoms with E-state index in [0.717, 1.165) is 57.9 Å². The summed E-state index contributed by atoms with van der Waals surface area (Å²) in [5.41, 5.74) is 0.682. The van der Waals surface area contributed by atoms with Crippen LogP contribution in [-0.4, -0.2) is 68.2 Å². The van der Waals surface area contributed by atoms with Gasteiger partial charge in [0.25, 0.3) is 0 Å². The van der Waals surface area contributed by atoms with Crippen molar-refractivity contribution >= 4 is 5.91 Å². The number of likely N-dealkylation sites (tertiary alicyclic amines) is 2. The molecule has 156 valence electrons. The molecule has 1 atom stereocenters. The van der Waals surface area contributed by atoms with Crippen molar-refractivity contribution in [2.24, 2.45) is 5.92 Å². The number of amides is 1. The molecule has 1 aromatic carbocycles. The summed E-state index contributed by atoms with van der Waals surface area (Å²) in [5, 5.41) is 2.96. The Kier molecular flexibility index (Phi) is 7.76. The zero-order chi connectivity index (χ0) is 19.9. The van der Waals surface area contributed by atoms with E-state index in [0.29, 0.717) is 31.3 Å². The molecule has 7 heteroatoms. The van der Waals surface area contributed by atoms with Gasteiger partial charge in [0, 0.05) is 38.9 Å². The van der Waals surface area contributed by atoms with Gasteiger partial charge in [-0.25, -0.2) is 8.78 Å². The molecule has 2 aliphatic rings. The van der Waals surface area contributed by atoms with Crippen molar-refractivity contribution in [3.05, 3.63) is 35.4 Å². The highest BCUT2D eigenvalue weighted by atomic mass is 19.1. The molecule has 28 heavy (non-hydrogen) atoms. The van der Waals surface area contributed by atoms with Crippen molar-refractivity contribution < 1.29 is 18.3 Å². The Balaban J connectivity index is 1.45. The normalized spacial score (nSPS) is 22.3. The third-order valence-electron chi connectivity index (χ3n) is 5.83. The highest BCUT2D eigenvalue weighted by Gasteiger charge is 2.31. The first kappa shape index (κ1) is 21.1. The number of rotatable bonds is 7. The second-order valence-electron chi connectivity index (χ2n) is 7.90. The molecule has 2 saturated heterocycles. The number of methoxy groups -OCH3 is 1. The molecule has 3 rings (SSSR count). The fourth-order valence-corrected chi connectivity index (χ4v) is 4.38. The Morgan fingerprint density at radius 3 is 2.54 bits per heavy atom. The number of carbonyl (C=O) groups excluding carboxylic acids is 1. The summed E-state index contributed by atoms with van der Waals surface area (Å²) in [6.45, 7) is 5.35. The van der Waals surface area contributed by atoms with E-state index >= 15 is 0 Å². The number of hydrogen-bond donors (Lipinski definition) is 1. The standard InChI is InChI=1S/C21H31F2N3O2/c1-28-10-6-24-21(27)17-3-2-7-26(15-17)20-4-8-25(9-5-20)14-16-11-18(22)13-19(23)12-16/h11-13,17,20H,2-10,14-15H2,1H3,(H,24,27)/t17-/m1/s1. The summed E-state index contributed by atoms with van der Waals surface area (Å²) in [6, 6.07) is 4.21.